The first-order chi connectivity index (χ1) is 17.2. The molecule has 0 fully saturated rings. The second-order valence-electron chi connectivity index (χ2n) is 7.52. The Bertz CT molecular complexity index is 1470. The standard InChI is InChI=1S/C25H16ClIN2O7/c1-13-9-16(5-8-20(13)29(32)33)23-28-19(25(31)36-23)11-14-10-18(27)22(21(12-14)34-2)35-24(30)15-3-6-17(26)7-4-15/h3-12H,1-2H3/b19-11-. The molecule has 1 aliphatic heterocycles. The number of aryl methyl sites for hydroxylation is 1. The van der Waals surface area contributed by atoms with Gasteiger partial charge in [-0.15, -0.1) is 0 Å². The van der Waals surface area contributed by atoms with Crippen LogP contribution in [0.3, 0.4) is 0 Å². The molecular weight excluding hydrogens is 603 g/mol. The van der Waals surface area contributed by atoms with Crippen LogP contribution in [0, 0.1) is 20.6 Å². The highest BCUT2D eigenvalue weighted by Gasteiger charge is 2.26. The van der Waals surface area contributed by atoms with Crippen LogP contribution >= 0.6 is 34.2 Å². The highest BCUT2D eigenvalue weighted by atomic mass is 127. The summed E-state index contributed by atoms with van der Waals surface area (Å²) in [5, 5.41) is 11.5. The quantitative estimate of drug-likeness (QED) is 0.0864. The summed E-state index contributed by atoms with van der Waals surface area (Å²) in [6.07, 6.45) is 1.50. The van der Waals surface area contributed by atoms with Crippen molar-refractivity contribution in [3.63, 3.8) is 0 Å². The van der Waals surface area contributed by atoms with E-state index in [2.05, 4.69) is 4.99 Å². The third-order valence-electron chi connectivity index (χ3n) is 5.09. The summed E-state index contributed by atoms with van der Waals surface area (Å²) >= 11 is 7.87. The largest absolute Gasteiger partial charge is 0.493 e. The Hall–Kier alpha value is -3.77. The molecule has 0 amide bonds. The maximum Gasteiger partial charge on any atom is 0.363 e. The number of carbonyl (C=O) groups is 2. The van der Waals surface area contributed by atoms with Crippen LogP contribution in [0.5, 0.6) is 11.5 Å². The van der Waals surface area contributed by atoms with E-state index in [1.54, 1.807) is 43.3 Å². The summed E-state index contributed by atoms with van der Waals surface area (Å²) in [5.41, 5.74) is 1.71. The lowest BCUT2D eigenvalue weighted by atomic mass is 10.1. The minimum Gasteiger partial charge on any atom is -0.493 e. The van der Waals surface area contributed by atoms with Crippen LogP contribution < -0.4 is 9.47 Å². The summed E-state index contributed by atoms with van der Waals surface area (Å²) in [6, 6.07) is 13.9. The number of ether oxygens (including phenoxy) is 3. The normalized spacial score (nSPS) is 13.8. The SMILES string of the molecule is COc1cc(/C=C2\N=C(c3ccc([N+](=O)[O-])c(C)c3)OC2=O)cc(I)c1OC(=O)c1ccc(Cl)cc1. The lowest BCUT2D eigenvalue weighted by Gasteiger charge is -2.12. The lowest BCUT2D eigenvalue weighted by Crippen LogP contribution is -2.10. The number of carbonyl (C=O) groups excluding carboxylic acids is 2. The van der Waals surface area contributed by atoms with Crippen LogP contribution in [0.1, 0.15) is 27.0 Å². The number of hydrogen-bond donors (Lipinski definition) is 0. The molecule has 0 aliphatic carbocycles. The van der Waals surface area contributed by atoms with Gasteiger partial charge in [-0.1, -0.05) is 11.6 Å². The second kappa shape index (κ2) is 10.5. The number of methoxy groups -OCH3 is 1. The first kappa shape index (κ1) is 25.3. The molecule has 9 nitrogen and oxygen atoms in total. The Morgan fingerprint density at radius 1 is 1.17 bits per heavy atom. The second-order valence-corrected chi connectivity index (χ2v) is 9.12. The van der Waals surface area contributed by atoms with E-state index in [4.69, 9.17) is 25.8 Å². The number of cyclic esters (lactones) is 1. The first-order valence-corrected chi connectivity index (χ1v) is 11.7. The van der Waals surface area contributed by atoms with Crippen molar-refractivity contribution in [2.75, 3.05) is 7.11 Å². The van der Waals surface area contributed by atoms with Crippen LogP contribution in [0.15, 0.2) is 65.3 Å². The molecule has 0 unspecified atom stereocenters. The molecule has 0 radical (unpaired) electrons. The Morgan fingerprint density at radius 2 is 1.89 bits per heavy atom. The number of nitro benzene ring substituents is 1. The van der Waals surface area contributed by atoms with Crippen molar-refractivity contribution in [1.29, 1.82) is 0 Å². The molecule has 0 N–H and O–H groups in total. The first-order valence-electron chi connectivity index (χ1n) is 10.3. The molecule has 0 saturated heterocycles. The third kappa shape index (κ3) is 5.39. The van der Waals surface area contributed by atoms with Crippen molar-refractivity contribution in [3.05, 3.63) is 101 Å². The van der Waals surface area contributed by atoms with E-state index in [0.717, 1.165) is 0 Å². The molecule has 0 saturated carbocycles. The molecule has 3 aromatic carbocycles. The molecule has 36 heavy (non-hydrogen) atoms. The summed E-state index contributed by atoms with van der Waals surface area (Å²) in [7, 11) is 1.43. The van der Waals surface area contributed by atoms with E-state index in [1.165, 1.54) is 31.4 Å². The van der Waals surface area contributed by atoms with Gasteiger partial charge in [0.25, 0.3) is 5.69 Å². The molecule has 1 aliphatic rings. The average molecular weight is 619 g/mol. The van der Waals surface area contributed by atoms with E-state index in [1.807, 2.05) is 22.6 Å². The van der Waals surface area contributed by atoms with Crippen molar-refractivity contribution in [2.24, 2.45) is 4.99 Å². The van der Waals surface area contributed by atoms with Gasteiger partial charge < -0.3 is 14.2 Å². The Morgan fingerprint density at radius 3 is 2.53 bits per heavy atom. The smallest absolute Gasteiger partial charge is 0.363 e. The van der Waals surface area contributed by atoms with Crippen molar-refractivity contribution < 1.29 is 28.7 Å². The highest BCUT2D eigenvalue weighted by molar-refractivity contribution is 14.1. The molecule has 182 valence electrons. The molecule has 0 atom stereocenters. The molecule has 0 bridgehead atoms. The van der Waals surface area contributed by atoms with Gasteiger partial charge in [0.15, 0.2) is 17.2 Å². The zero-order valence-electron chi connectivity index (χ0n) is 18.8. The number of benzene rings is 3. The summed E-state index contributed by atoms with van der Waals surface area (Å²) in [6.45, 7) is 1.59. The van der Waals surface area contributed by atoms with E-state index >= 15 is 0 Å². The number of nitrogens with zero attached hydrogens (tertiary/aromatic N) is 2. The number of halogens is 2. The molecule has 0 aromatic heterocycles. The molecule has 11 heteroatoms. The number of nitro groups is 1. The van der Waals surface area contributed by atoms with E-state index < -0.39 is 16.9 Å². The van der Waals surface area contributed by atoms with Crippen molar-refractivity contribution in [1.82, 2.24) is 0 Å². The van der Waals surface area contributed by atoms with Gasteiger partial charge in [-0.3, -0.25) is 10.1 Å². The van der Waals surface area contributed by atoms with Crippen LogP contribution in [0.25, 0.3) is 6.08 Å². The molecule has 0 spiro atoms. The van der Waals surface area contributed by atoms with E-state index in [9.17, 15) is 19.7 Å². The van der Waals surface area contributed by atoms with Crippen molar-refractivity contribution >= 4 is 63.8 Å². The zero-order valence-corrected chi connectivity index (χ0v) is 21.7. The van der Waals surface area contributed by atoms with Gasteiger partial charge in [0.2, 0.25) is 5.90 Å². The minimum atomic E-state index is -0.673. The molecular formula is C25H16ClIN2O7. The van der Waals surface area contributed by atoms with Crippen LogP contribution in [0.2, 0.25) is 5.02 Å². The number of hydrogen-bond acceptors (Lipinski definition) is 8. The third-order valence-corrected chi connectivity index (χ3v) is 6.14. The van der Waals surface area contributed by atoms with E-state index in [0.29, 0.717) is 30.8 Å². The fourth-order valence-corrected chi connectivity index (χ4v) is 4.21. The van der Waals surface area contributed by atoms with Gasteiger partial charge in [0.05, 0.1) is 21.2 Å². The van der Waals surface area contributed by atoms with Crippen LogP contribution in [-0.4, -0.2) is 29.9 Å². The van der Waals surface area contributed by atoms with Crippen LogP contribution in [0.4, 0.5) is 5.69 Å². The number of esters is 2. The predicted molar refractivity (Wildman–Crippen MR) is 141 cm³/mol. The highest BCUT2D eigenvalue weighted by Crippen LogP contribution is 2.36. The van der Waals surface area contributed by atoms with Gasteiger partial charge >= 0.3 is 11.9 Å². The molecule has 1 heterocycles. The fraction of sp³-hybridized carbons (Fsp3) is 0.0800. The van der Waals surface area contributed by atoms with Gasteiger partial charge in [0, 0.05) is 22.2 Å². The maximum absolute atomic E-state index is 12.6. The summed E-state index contributed by atoms with van der Waals surface area (Å²) in [4.78, 5) is 39.8. The van der Waals surface area contributed by atoms with Gasteiger partial charge in [-0.2, -0.15) is 0 Å². The Kier molecular flexibility index (Phi) is 7.36. The van der Waals surface area contributed by atoms with E-state index in [-0.39, 0.29) is 28.8 Å². The van der Waals surface area contributed by atoms with Gasteiger partial charge in [0.1, 0.15) is 0 Å². The van der Waals surface area contributed by atoms with Gasteiger partial charge in [-0.25, -0.2) is 14.6 Å². The Balaban J connectivity index is 1.62. The molecule has 4 rings (SSSR count). The fourth-order valence-electron chi connectivity index (χ4n) is 3.34. The number of aliphatic imine (C=N–C) groups is 1. The topological polar surface area (TPSA) is 117 Å². The maximum atomic E-state index is 12.6. The average Bonchev–Trinajstić information content (AvgIpc) is 3.20. The molecule has 3 aromatic rings. The van der Waals surface area contributed by atoms with Crippen molar-refractivity contribution in [3.8, 4) is 11.5 Å². The lowest BCUT2D eigenvalue weighted by molar-refractivity contribution is -0.385. The Labute approximate surface area is 223 Å². The predicted octanol–water partition coefficient (Wildman–Crippen LogP) is 5.73. The van der Waals surface area contributed by atoms with Crippen molar-refractivity contribution in [2.45, 2.75) is 6.92 Å². The van der Waals surface area contributed by atoms with Crippen LogP contribution in [-0.2, 0) is 9.53 Å². The minimum absolute atomic E-state index is 0.0322. The summed E-state index contributed by atoms with van der Waals surface area (Å²) in [5.74, 6) is -0.717. The summed E-state index contributed by atoms with van der Waals surface area (Å²) < 4.78 is 16.8. The number of rotatable bonds is 6. The monoisotopic (exact) mass is 618 g/mol. The zero-order chi connectivity index (χ0) is 26.0. The van der Waals surface area contributed by atoms with Gasteiger partial charge in [-0.05, 0) is 89.7 Å².